The average Bonchev–Trinajstić information content (AvgIpc) is 3.45. The number of carbonyl (C=O) groups is 1. The van der Waals surface area contributed by atoms with E-state index in [0.717, 1.165) is 48.9 Å². The lowest BCUT2D eigenvalue weighted by atomic mass is 9.45. The monoisotopic (exact) mass is 351 g/mol. The fourth-order valence-corrected chi connectivity index (χ4v) is 8.38. The molecule has 4 saturated carbocycles. The maximum atomic E-state index is 12.1. The maximum absolute atomic E-state index is 12.1. The Kier molecular flexibility index (Phi) is 3.73. The molecule has 7 atom stereocenters. The van der Waals surface area contributed by atoms with Gasteiger partial charge in [-0.25, -0.2) is 0 Å². The van der Waals surface area contributed by atoms with Crippen LogP contribution in [0.15, 0.2) is 11.6 Å². The highest BCUT2D eigenvalue weighted by molar-refractivity contribution is 5.91. The lowest BCUT2D eigenvalue weighted by Gasteiger charge is -2.58. The van der Waals surface area contributed by atoms with E-state index in [0.29, 0.717) is 11.7 Å². The van der Waals surface area contributed by atoms with Crippen LogP contribution >= 0.6 is 0 Å². The number of carbonyl (C=O) groups excluding carboxylic acids is 1. The minimum Gasteiger partial charge on any atom is -0.295 e. The van der Waals surface area contributed by atoms with Gasteiger partial charge in [-0.15, -0.1) is 0 Å². The van der Waals surface area contributed by atoms with Crippen LogP contribution in [0.25, 0.3) is 0 Å². The van der Waals surface area contributed by atoms with Crippen molar-refractivity contribution in [2.45, 2.75) is 78.1 Å². The molecule has 0 N–H and O–H groups in total. The van der Waals surface area contributed by atoms with Gasteiger partial charge in [-0.2, -0.15) is 5.26 Å². The fraction of sp³-hybridized carbons (Fsp3) is 0.833. The van der Waals surface area contributed by atoms with E-state index in [1.165, 1.54) is 50.5 Å². The van der Waals surface area contributed by atoms with Gasteiger partial charge >= 0.3 is 0 Å². The fourth-order valence-electron chi connectivity index (χ4n) is 8.38. The number of allylic oxidation sites excluding steroid dienone is 1. The zero-order chi connectivity index (χ0) is 18.1. The molecule has 0 aromatic rings. The minimum absolute atomic E-state index is 0.121. The topological polar surface area (TPSA) is 40.9 Å². The zero-order valence-corrected chi connectivity index (χ0v) is 16.5. The second-order valence-corrected chi connectivity index (χ2v) is 10.4. The Balaban J connectivity index is 1.56. The number of rotatable bonds is 2. The number of nitriles is 1. The quantitative estimate of drug-likeness (QED) is 0.642. The lowest BCUT2D eigenvalue weighted by molar-refractivity contribution is -0.117. The van der Waals surface area contributed by atoms with Crippen LogP contribution in [0.5, 0.6) is 0 Å². The average molecular weight is 352 g/mol. The van der Waals surface area contributed by atoms with E-state index in [4.69, 9.17) is 0 Å². The second kappa shape index (κ2) is 5.70. The molecule has 0 aliphatic heterocycles. The van der Waals surface area contributed by atoms with Crippen molar-refractivity contribution in [3.63, 3.8) is 0 Å². The summed E-state index contributed by atoms with van der Waals surface area (Å²) >= 11 is 0. The summed E-state index contributed by atoms with van der Waals surface area (Å²) in [5.41, 5.74) is 1.65. The van der Waals surface area contributed by atoms with Gasteiger partial charge in [0, 0.05) is 6.42 Å². The standard InChI is InChI=1S/C24H33NO/c1-3-24-11-8-19-18-7-6-17(26)12-16(18)13-20(15-4-5-15)22(19)21(24)9-10-23(24,2)14-25/h12,15,18-22H,3-11,13H2,1-2H3/t18-,19+,20-,21-,22-,23+,24-/m0/s1. The molecule has 26 heavy (non-hydrogen) atoms. The largest absolute Gasteiger partial charge is 0.295 e. The number of hydrogen-bond donors (Lipinski definition) is 0. The van der Waals surface area contributed by atoms with E-state index in [2.05, 4.69) is 26.0 Å². The Morgan fingerprint density at radius 3 is 2.65 bits per heavy atom. The Bertz CT molecular complexity index is 697. The third-order valence-corrected chi connectivity index (χ3v) is 9.76. The van der Waals surface area contributed by atoms with Crippen molar-refractivity contribution < 1.29 is 4.79 Å². The predicted octanol–water partition coefficient (Wildman–Crippen LogP) is 5.68. The normalized spacial score (nSPS) is 50.3. The first-order valence-electron chi connectivity index (χ1n) is 11.2. The molecular formula is C24H33NO. The molecule has 5 aliphatic carbocycles. The van der Waals surface area contributed by atoms with Gasteiger partial charge < -0.3 is 0 Å². The number of ketones is 1. The molecule has 0 amide bonds. The van der Waals surface area contributed by atoms with Gasteiger partial charge in [-0.1, -0.05) is 12.5 Å². The number of fused-ring (bicyclic) bond motifs is 5. The molecule has 5 rings (SSSR count). The van der Waals surface area contributed by atoms with Crippen molar-refractivity contribution >= 4 is 5.78 Å². The SMILES string of the molecule is CC[C@]12CC[C@H]3[C@@H]([C@H](C4CC4)CC4=CC(=O)CC[C@@H]43)[C@@H]1CC[C@]2(C)C#N. The van der Waals surface area contributed by atoms with E-state index in [1.807, 2.05) is 0 Å². The smallest absolute Gasteiger partial charge is 0.155 e. The second-order valence-electron chi connectivity index (χ2n) is 10.4. The van der Waals surface area contributed by atoms with Crippen LogP contribution in [-0.2, 0) is 4.79 Å². The van der Waals surface area contributed by atoms with Crippen LogP contribution in [0.1, 0.15) is 78.1 Å². The molecule has 4 fully saturated rings. The van der Waals surface area contributed by atoms with Gasteiger partial charge in [0.15, 0.2) is 5.78 Å². The van der Waals surface area contributed by atoms with E-state index in [-0.39, 0.29) is 10.8 Å². The number of hydrogen-bond acceptors (Lipinski definition) is 2. The Labute approximate surface area is 158 Å². The van der Waals surface area contributed by atoms with Crippen molar-refractivity contribution in [2.24, 2.45) is 46.3 Å². The summed E-state index contributed by atoms with van der Waals surface area (Å²) in [5, 5.41) is 10.1. The molecule has 0 unspecified atom stereocenters. The first-order valence-corrected chi connectivity index (χ1v) is 11.2. The van der Waals surface area contributed by atoms with Gasteiger partial charge in [-0.3, -0.25) is 4.79 Å². The Morgan fingerprint density at radius 2 is 1.96 bits per heavy atom. The molecule has 0 aromatic heterocycles. The Hall–Kier alpha value is -1.10. The van der Waals surface area contributed by atoms with Gasteiger partial charge in [0.1, 0.15) is 0 Å². The summed E-state index contributed by atoms with van der Waals surface area (Å²) in [7, 11) is 0. The summed E-state index contributed by atoms with van der Waals surface area (Å²) < 4.78 is 0. The minimum atomic E-state index is -0.121. The van der Waals surface area contributed by atoms with Gasteiger partial charge in [0.05, 0.1) is 11.5 Å². The van der Waals surface area contributed by atoms with Crippen molar-refractivity contribution in [1.82, 2.24) is 0 Å². The van der Waals surface area contributed by atoms with Crippen molar-refractivity contribution in [1.29, 1.82) is 5.26 Å². The molecule has 0 bridgehead atoms. The predicted molar refractivity (Wildman–Crippen MR) is 102 cm³/mol. The lowest BCUT2D eigenvalue weighted by Crippen LogP contribution is -2.53. The van der Waals surface area contributed by atoms with Crippen LogP contribution in [-0.4, -0.2) is 5.78 Å². The highest BCUT2D eigenvalue weighted by Crippen LogP contribution is 2.71. The molecule has 0 aromatic carbocycles. The third kappa shape index (κ3) is 2.12. The molecule has 0 radical (unpaired) electrons. The first-order chi connectivity index (χ1) is 12.5. The highest BCUT2D eigenvalue weighted by Gasteiger charge is 2.65. The molecule has 5 aliphatic rings. The van der Waals surface area contributed by atoms with Crippen molar-refractivity contribution in [2.75, 3.05) is 0 Å². The molecule has 0 spiro atoms. The summed E-state index contributed by atoms with van der Waals surface area (Å²) in [4.78, 5) is 12.1. The molecule has 2 heteroatoms. The molecule has 0 saturated heterocycles. The molecule has 0 heterocycles. The van der Waals surface area contributed by atoms with Crippen molar-refractivity contribution in [3.05, 3.63) is 11.6 Å². The summed E-state index contributed by atoms with van der Waals surface area (Å²) in [6.45, 7) is 4.63. The Morgan fingerprint density at radius 1 is 1.15 bits per heavy atom. The van der Waals surface area contributed by atoms with E-state index in [9.17, 15) is 10.1 Å². The first kappa shape index (κ1) is 17.0. The van der Waals surface area contributed by atoms with E-state index >= 15 is 0 Å². The van der Waals surface area contributed by atoms with Crippen LogP contribution < -0.4 is 0 Å². The molecular weight excluding hydrogens is 318 g/mol. The summed E-state index contributed by atoms with van der Waals surface area (Å²) in [6.07, 6.45) is 14.0. The van der Waals surface area contributed by atoms with Crippen molar-refractivity contribution in [3.8, 4) is 6.07 Å². The summed E-state index contributed by atoms with van der Waals surface area (Å²) in [5.74, 6) is 5.12. The van der Waals surface area contributed by atoms with Crippen LogP contribution in [0, 0.1) is 57.7 Å². The zero-order valence-electron chi connectivity index (χ0n) is 16.5. The van der Waals surface area contributed by atoms with Crippen LogP contribution in [0.3, 0.4) is 0 Å². The van der Waals surface area contributed by atoms with E-state index in [1.54, 1.807) is 0 Å². The number of nitrogens with zero attached hydrogens (tertiary/aromatic N) is 1. The third-order valence-electron chi connectivity index (χ3n) is 9.76. The van der Waals surface area contributed by atoms with Gasteiger partial charge in [0.2, 0.25) is 0 Å². The highest BCUT2D eigenvalue weighted by atomic mass is 16.1. The van der Waals surface area contributed by atoms with Gasteiger partial charge in [0.25, 0.3) is 0 Å². The molecule has 2 nitrogen and oxygen atoms in total. The van der Waals surface area contributed by atoms with Gasteiger partial charge in [-0.05, 0) is 112 Å². The van der Waals surface area contributed by atoms with Crippen LogP contribution in [0.4, 0.5) is 0 Å². The molecule has 140 valence electrons. The maximum Gasteiger partial charge on any atom is 0.155 e. The van der Waals surface area contributed by atoms with Crippen LogP contribution in [0.2, 0.25) is 0 Å². The van der Waals surface area contributed by atoms with E-state index < -0.39 is 0 Å². The summed E-state index contributed by atoms with van der Waals surface area (Å²) in [6, 6.07) is 2.79.